The van der Waals surface area contributed by atoms with E-state index >= 15 is 0 Å². The van der Waals surface area contributed by atoms with Gasteiger partial charge in [0.25, 0.3) is 0 Å². The number of aliphatic hydroxyl groups excluding tert-OH is 1. The SMILES string of the molecule is COc1ccccc1C1(C2(CO)CC2)COC1. The van der Waals surface area contributed by atoms with E-state index in [2.05, 4.69) is 6.07 Å². The average Bonchev–Trinajstić information content (AvgIpc) is 3.10. The highest BCUT2D eigenvalue weighted by Crippen LogP contribution is 2.63. The normalized spacial score (nSPS) is 23.9. The van der Waals surface area contributed by atoms with Gasteiger partial charge in [0.1, 0.15) is 5.75 Å². The van der Waals surface area contributed by atoms with E-state index in [9.17, 15) is 5.11 Å². The molecule has 1 saturated heterocycles. The first-order valence-electron chi connectivity index (χ1n) is 6.10. The molecule has 1 aromatic carbocycles. The van der Waals surface area contributed by atoms with Crippen LogP contribution in [-0.2, 0) is 10.2 Å². The largest absolute Gasteiger partial charge is 0.496 e. The summed E-state index contributed by atoms with van der Waals surface area (Å²) in [5, 5.41) is 9.69. The molecule has 0 aromatic heterocycles. The molecular formula is C14H18O3. The summed E-state index contributed by atoms with van der Waals surface area (Å²) in [5.41, 5.74) is 1.19. The van der Waals surface area contributed by atoms with E-state index < -0.39 is 0 Å². The van der Waals surface area contributed by atoms with Crippen molar-refractivity contribution in [2.45, 2.75) is 18.3 Å². The Bertz CT molecular complexity index is 419. The Morgan fingerprint density at radius 1 is 1.29 bits per heavy atom. The van der Waals surface area contributed by atoms with Crippen molar-refractivity contribution >= 4 is 0 Å². The lowest BCUT2D eigenvalue weighted by atomic mass is 9.66. The van der Waals surface area contributed by atoms with E-state index in [0.717, 1.165) is 18.6 Å². The first kappa shape index (κ1) is 11.1. The molecule has 0 atom stereocenters. The van der Waals surface area contributed by atoms with Gasteiger partial charge in [-0.2, -0.15) is 0 Å². The van der Waals surface area contributed by atoms with E-state index in [1.54, 1.807) is 7.11 Å². The smallest absolute Gasteiger partial charge is 0.122 e. The van der Waals surface area contributed by atoms with Crippen molar-refractivity contribution < 1.29 is 14.6 Å². The number of para-hydroxylation sites is 1. The summed E-state index contributed by atoms with van der Waals surface area (Å²) in [6.07, 6.45) is 2.18. The lowest BCUT2D eigenvalue weighted by molar-refractivity contribution is -0.111. The highest BCUT2D eigenvalue weighted by molar-refractivity contribution is 5.44. The molecule has 2 aliphatic rings. The average molecular weight is 234 g/mol. The molecule has 0 spiro atoms. The number of hydrogen-bond donors (Lipinski definition) is 1. The van der Waals surface area contributed by atoms with Gasteiger partial charge in [-0.25, -0.2) is 0 Å². The zero-order valence-corrected chi connectivity index (χ0v) is 10.1. The summed E-state index contributed by atoms with van der Waals surface area (Å²) >= 11 is 0. The van der Waals surface area contributed by atoms with Gasteiger partial charge in [-0.1, -0.05) is 18.2 Å². The molecular weight excluding hydrogens is 216 g/mol. The molecule has 92 valence electrons. The van der Waals surface area contributed by atoms with Gasteiger partial charge in [-0.3, -0.25) is 0 Å². The van der Waals surface area contributed by atoms with Crippen LogP contribution in [0.4, 0.5) is 0 Å². The van der Waals surface area contributed by atoms with Crippen molar-refractivity contribution in [1.29, 1.82) is 0 Å². The molecule has 0 unspecified atom stereocenters. The summed E-state index contributed by atoms with van der Waals surface area (Å²) in [6.45, 7) is 1.65. The highest BCUT2D eigenvalue weighted by atomic mass is 16.5. The number of benzene rings is 1. The third-order valence-electron chi connectivity index (χ3n) is 4.49. The Balaban J connectivity index is 2.06. The second-order valence-corrected chi connectivity index (χ2v) is 5.21. The van der Waals surface area contributed by atoms with E-state index in [1.807, 2.05) is 18.2 Å². The summed E-state index contributed by atoms with van der Waals surface area (Å²) < 4.78 is 10.9. The van der Waals surface area contributed by atoms with Crippen molar-refractivity contribution in [3.8, 4) is 5.75 Å². The topological polar surface area (TPSA) is 38.7 Å². The van der Waals surface area contributed by atoms with Crippen LogP contribution in [0.5, 0.6) is 5.75 Å². The Morgan fingerprint density at radius 2 is 2.00 bits per heavy atom. The van der Waals surface area contributed by atoms with Crippen molar-refractivity contribution in [1.82, 2.24) is 0 Å². The molecule has 1 aliphatic carbocycles. The standard InChI is InChI=1S/C14H18O3/c1-16-12-5-3-2-4-11(12)14(9-17-10-14)13(8-15)6-7-13/h2-5,15H,6-10H2,1H3. The molecule has 3 nitrogen and oxygen atoms in total. The minimum Gasteiger partial charge on any atom is -0.496 e. The van der Waals surface area contributed by atoms with Crippen LogP contribution in [0.2, 0.25) is 0 Å². The summed E-state index contributed by atoms with van der Waals surface area (Å²) in [5.74, 6) is 0.913. The van der Waals surface area contributed by atoms with Crippen molar-refractivity contribution in [3.05, 3.63) is 29.8 Å². The second-order valence-electron chi connectivity index (χ2n) is 5.21. The predicted octanol–water partition coefficient (Wildman–Crippen LogP) is 1.74. The molecule has 0 amide bonds. The molecule has 1 N–H and O–H groups in total. The Morgan fingerprint density at radius 3 is 2.47 bits per heavy atom. The number of ether oxygens (including phenoxy) is 2. The van der Waals surface area contributed by atoms with E-state index in [1.165, 1.54) is 5.56 Å². The van der Waals surface area contributed by atoms with Crippen LogP contribution in [0.3, 0.4) is 0 Å². The zero-order chi connectivity index (χ0) is 11.9. The first-order chi connectivity index (χ1) is 8.28. The predicted molar refractivity (Wildman–Crippen MR) is 64.2 cm³/mol. The maximum Gasteiger partial charge on any atom is 0.122 e. The fraction of sp³-hybridized carbons (Fsp3) is 0.571. The molecule has 1 aliphatic heterocycles. The third-order valence-corrected chi connectivity index (χ3v) is 4.49. The van der Waals surface area contributed by atoms with Crippen LogP contribution in [-0.4, -0.2) is 32.0 Å². The minimum atomic E-state index is -0.0334. The van der Waals surface area contributed by atoms with Crippen LogP contribution in [0, 0.1) is 5.41 Å². The van der Waals surface area contributed by atoms with Crippen molar-refractivity contribution in [3.63, 3.8) is 0 Å². The number of aliphatic hydroxyl groups is 1. The molecule has 3 heteroatoms. The maximum absolute atomic E-state index is 9.69. The molecule has 3 rings (SSSR count). The lowest BCUT2D eigenvalue weighted by Gasteiger charge is -2.48. The van der Waals surface area contributed by atoms with Crippen molar-refractivity contribution in [2.24, 2.45) is 5.41 Å². The first-order valence-corrected chi connectivity index (χ1v) is 6.10. The minimum absolute atomic E-state index is 0.0277. The van der Waals surface area contributed by atoms with Gasteiger partial charge < -0.3 is 14.6 Å². The van der Waals surface area contributed by atoms with Crippen LogP contribution in [0.15, 0.2) is 24.3 Å². The van der Waals surface area contributed by atoms with Gasteiger partial charge in [0.2, 0.25) is 0 Å². The van der Waals surface area contributed by atoms with Gasteiger partial charge in [-0.15, -0.1) is 0 Å². The molecule has 0 bridgehead atoms. The molecule has 2 fully saturated rings. The molecule has 0 radical (unpaired) electrons. The Labute approximate surface area is 101 Å². The number of methoxy groups -OCH3 is 1. The quantitative estimate of drug-likeness (QED) is 0.862. The van der Waals surface area contributed by atoms with Gasteiger partial charge in [0.15, 0.2) is 0 Å². The van der Waals surface area contributed by atoms with Crippen LogP contribution in [0.25, 0.3) is 0 Å². The molecule has 1 saturated carbocycles. The van der Waals surface area contributed by atoms with Gasteiger partial charge in [0.05, 0.1) is 25.7 Å². The highest BCUT2D eigenvalue weighted by Gasteiger charge is 2.64. The number of rotatable bonds is 4. The van der Waals surface area contributed by atoms with Gasteiger partial charge >= 0.3 is 0 Å². The zero-order valence-electron chi connectivity index (χ0n) is 10.1. The fourth-order valence-corrected chi connectivity index (χ4v) is 3.03. The van der Waals surface area contributed by atoms with Crippen molar-refractivity contribution in [2.75, 3.05) is 26.9 Å². The summed E-state index contributed by atoms with van der Waals surface area (Å²) in [6, 6.07) is 8.11. The molecule has 17 heavy (non-hydrogen) atoms. The van der Waals surface area contributed by atoms with Crippen LogP contribution in [0.1, 0.15) is 18.4 Å². The lowest BCUT2D eigenvalue weighted by Crippen LogP contribution is -2.55. The van der Waals surface area contributed by atoms with E-state index in [0.29, 0.717) is 13.2 Å². The summed E-state index contributed by atoms with van der Waals surface area (Å²) in [7, 11) is 1.70. The molecule has 1 aromatic rings. The fourth-order valence-electron chi connectivity index (χ4n) is 3.03. The van der Waals surface area contributed by atoms with Crippen LogP contribution >= 0.6 is 0 Å². The Kier molecular flexibility index (Phi) is 2.42. The van der Waals surface area contributed by atoms with E-state index in [4.69, 9.17) is 9.47 Å². The second kappa shape index (κ2) is 3.72. The Hall–Kier alpha value is -1.06. The van der Waals surface area contributed by atoms with Crippen LogP contribution < -0.4 is 4.74 Å². The molecule has 1 heterocycles. The van der Waals surface area contributed by atoms with E-state index in [-0.39, 0.29) is 17.4 Å². The maximum atomic E-state index is 9.69. The number of hydrogen-bond acceptors (Lipinski definition) is 3. The third kappa shape index (κ3) is 1.36. The summed E-state index contributed by atoms with van der Waals surface area (Å²) in [4.78, 5) is 0. The van der Waals surface area contributed by atoms with Gasteiger partial charge in [0, 0.05) is 17.6 Å². The van der Waals surface area contributed by atoms with Gasteiger partial charge in [-0.05, 0) is 18.9 Å². The monoisotopic (exact) mass is 234 g/mol.